The zero-order valence-electron chi connectivity index (χ0n) is 13.6. The molecule has 1 N–H and O–H groups in total. The molecule has 0 bridgehead atoms. The fourth-order valence-electron chi connectivity index (χ4n) is 2.42. The highest BCUT2D eigenvalue weighted by atomic mass is 16.6. The Kier molecular flexibility index (Phi) is 4.25. The second kappa shape index (κ2) is 6.52. The van der Waals surface area contributed by atoms with Gasteiger partial charge in [0.2, 0.25) is 0 Å². The lowest BCUT2D eigenvalue weighted by Gasteiger charge is -2.04. The number of rotatable bonds is 4. The molecular formula is C17H15N5O3. The van der Waals surface area contributed by atoms with Gasteiger partial charge in [-0.05, 0) is 31.5 Å². The molecule has 2 aromatic carbocycles. The number of para-hydroxylation sites is 1. The van der Waals surface area contributed by atoms with Crippen molar-refractivity contribution in [1.82, 2.24) is 9.78 Å². The predicted molar refractivity (Wildman–Crippen MR) is 93.1 cm³/mol. The molecule has 1 heterocycles. The first-order chi connectivity index (χ1) is 12.0. The summed E-state index contributed by atoms with van der Waals surface area (Å²) in [4.78, 5) is 22.9. The molecule has 3 aromatic rings. The van der Waals surface area contributed by atoms with Crippen molar-refractivity contribution in [2.45, 2.75) is 13.8 Å². The van der Waals surface area contributed by atoms with Gasteiger partial charge in [-0.25, -0.2) is 4.68 Å². The largest absolute Gasteiger partial charge is 0.299 e. The maximum absolute atomic E-state index is 12.6. The lowest BCUT2D eigenvalue weighted by Crippen LogP contribution is -2.15. The van der Waals surface area contributed by atoms with Crippen LogP contribution in [0.2, 0.25) is 0 Å². The van der Waals surface area contributed by atoms with Gasteiger partial charge in [-0.3, -0.25) is 20.0 Å². The van der Waals surface area contributed by atoms with Crippen LogP contribution < -0.4 is 5.56 Å². The van der Waals surface area contributed by atoms with Crippen LogP contribution in [0, 0.1) is 24.0 Å². The second-order valence-electron chi connectivity index (χ2n) is 5.49. The standard InChI is InChI=1S/C17H15N5O3/c1-11-6-3-4-9-15(11)21-17(23)16(12(2)20-21)19-18-13-7-5-8-14(10-13)22(24)25/h3-10,20H,1-2H3. The Labute approximate surface area is 142 Å². The number of hydrogen-bond acceptors (Lipinski definition) is 5. The monoisotopic (exact) mass is 337 g/mol. The van der Waals surface area contributed by atoms with Crippen LogP contribution in [0.25, 0.3) is 5.69 Å². The van der Waals surface area contributed by atoms with Crippen LogP contribution in [-0.2, 0) is 0 Å². The molecule has 0 aliphatic heterocycles. The van der Waals surface area contributed by atoms with Crippen molar-refractivity contribution in [3.63, 3.8) is 0 Å². The number of non-ortho nitro benzene ring substituents is 1. The smallest absolute Gasteiger partial charge is 0.293 e. The third-order valence-corrected chi connectivity index (χ3v) is 3.70. The molecule has 8 nitrogen and oxygen atoms in total. The maximum atomic E-state index is 12.6. The van der Waals surface area contributed by atoms with E-state index in [1.54, 1.807) is 13.0 Å². The molecule has 0 atom stereocenters. The number of nitro groups is 1. The van der Waals surface area contributed by atoms with Crippen LogP contribution in [0.15, 0.2) is 63.6 Å². The predicted octanol–water partition coefficient (Wildman–Crippen LogP) is 4.11. The third kappa shape index (κ3) is 3.23. The molecule has 0 unspecified atom stereocenters. The van der Waals surface area contributed by atoms with Gasteiger partial charge in [0.15, 0.2) is 5.69 Å². The molecule has 1 aromatic heterocycles. The average Bonchev–Trinajstić information content (AvgIpc) is 2.88. The molecule has 25 heavy (non-hydrogen) atoms. The Morgan fingerprint density at radius 1 is 1.08 bits per heavy atom. The number of azo groups is 1. The Balaban J connectivity index is 2.00. The number of benzene rings is 2. The Morgan fingerprint density at radius 2 is 1.84 bits per heavy atom. The quantitative estimate of drug-likeness (QED) is 0.440. The summed E-state index contributed by atoms with van der Waals surface area (Å²) in [5.41, 5.74) is 2.27. The van der Waals surface area contributed by atoms with Gasteiger partial charge >= 0.3 is 0 Å². The third-order valence-electron chi connectivity index (χ3n) is 3.70. The minimum atomic E-state index is -0.508. The van der Waals surface area contributed by atoms with E-state index >= 15 is 0 Å². The van der Waals surface area contributed by atoms with Crippen LogP contribution >= 0.6 is 0 Å². The number of nitrogens with zero attached hydrogens (tertiary/aromatic N) is 4. The first-order valence-electron chi connectivity index (χ1n) is 7.51. The topological polar surface area (TPSA) is 106 Å². The van der Waals surface area contributed by atoms with E-state index < -0.39 is 4.92 Å². The van der Waals surface area contributed by atoms with Gasteiger partial charge in [0.1, 0.15) is 0 Å². The summed E-state index contributed by atoms with van der Waals surface area (Å²) >= 11 is 0. The van der Waals surface area contributed by atoms with Crippen molar-refractivity contribution in [3.8, 4) is 5.69 Å². The van der Waals surface area contributed by atoms with Crippen molar-refractivity contribution >= 4 is 17.1 Å². The van der Waals surface area contributed by atoms with E-state index in [1.807, 2.05) is 31.2 Å². The van der Waals surface area contributed by atoms with Crippen molar-refractivity contribution in [3.05, 3.63) is 80.3 Å². The van der Waals surface area contributed by atoms with E-state index in [4.69, 9.17) is 0 Å². The summed E-state index contributed by atoms with van der Waals surface area (Å²) < 4.78 is 1.41. The van der Waals surface area contributed by atoms with E-state index in [0.717, 1.165) is 11.3 Å². The lowest BCUT2D eigenvalue weighted by molar-refractivity contribution is -0.384. The van der Waals surface area contributed by atoms with Gasteiger partial charge < -0.3 is 0 Å². The zero-order valence-corrected chi connectivity index (χ0v) is 13.6. The van der Waals surface area contributed by atoms with Crippen LogP contribution in [0.1, 0.15) is 11.3 Å². The summed E-state index contributed by atoms with van der Waals surface area (Å²) in [6, 6.07) is 13.2. The van der Waals surface area contributed by atoms with E-state index in [0.29, 0.717) is 11.4 Å². The molecule has 0 aliphatic carbocycles. The minimum absolute atomic E-state index is 0.0837. The summed E-state index contributed by atoms with van der Waals surface area (Å²) in [7, 11) is 0. The number of nitro benzene ring substituents is 1. The highest BCUT2D eigenvalue weighted by Gasteiger charge is 2.13. The highest BCUT2D eigenvalue weighted by Crippen LogP contribution is 2.23. The minimum Gasteiger partial charge on any atom is -0.293 e. The van der Waals surface area contributed by atoms with Crippen molar-refractivity contribution < 1.29 is 4.92 Å². The first-order valence-corrected chi connectivity index (χ1v) is 7.51. The van der Waals surface area contributed by atoms with Gasteiger partial charge in [0, 0.05) is 12.1 Å². The Morgan fingerprint density at radius 3 is 2.56 bits per heavy atom. The molecule has 0 amide bonds. The lowest BCUT2D eigenvalue weighted by atomic mass is 10.2. The molecule has 0 saturated heterocycles. The van der Waals surface area contributed by atoms with Crippen LogP contribution in [0.5, 0.6) is 0 Å². The van der Waals surface area contributed by atoms with Crippen molar-refractivity contribution in [2.24, 2.45) is 10.2 Å². The first kappa shape index (κ1) is 16.3. The molecule has 0 aliphatic rings. The number of H-pyrrole nitrogens is 1. The number of aryl methyl sites for hydroxylation is 2. The molecule has 0 fully saturated rings. The SMILES string of the molecule is Cc1ccccc1-n1[nH]c(C)c(N=Nc2cccc([N+](=O)[O-])c2)c1=O. The van der Waals surface area contributed by atoms with Crippen LogP contribution in [-0.4, -0.2) is 14.7 Å². The van der Waals surface area contributed by atoms with Crippen molar-refractivity contribution in [2.75, 3.05) is 0 Å². The highest BCUT2D eigenvalue weighted by molar-refractivity contribution is 5.49. The average molecular weight is 337 g/mol. The van der Waals surface area contributed by atoms with E-state index in [2.05, 4.69) is 15.3 Å². The van der Waals surface area contributed by atoms with Crippen LogP contribution in [0.3, 0.4) is 0 Å². The Hall–Kier alpha value is -3.55. The molecule has 0 spiro atoms. The molecule has 8 heteroatoms. The summed E-state index contributed by atoms with van der Waals surface area (Å²) in [6.07, 6.45) is 0. The molecule has 3 rings (SSSR count). The van der Waals surface area contributed by atoms with E-state index in [9.17, 15) is 14.9 Å². The number of hydrogen-bond donors (Lipinski definition) is 1. The molecular weight excluding hydrogens is 322 g/mol. The fourth-order valence-corrected chi connectivity index (χ4v) is 2.42. The normalized spacial score (nSPS) is 11.1. The van der Waals surface area contributed by atoms with E-state index in [-0.39, 0.29) is 16.9 Å². The van der Waals surface area contributed by atoms with Gasteiger partial charge in [0.05, 0.1) is 22.0 Å². The summed E-state index contributed by atoms with van der Waals surface area (Å²) in [5, 5.41) is 21.7. The van der Waals surface area contributed by atoms with Gasteiger partial charge in [0.25, 0.3) is 11.2 Å². The zero-order chi connectivity index (χ0) is 18.0. The fraction of sp³-hybridized carbons (Fsp3) is 0.118. The number of nitrogens with one attached hydrogen (secondary N) is 1. The van der Waals surface area contributed by atoms with Gasteiger partial charge in [-0.1, -0.05) is 24.3 Å². The Bertz CT molecular complexity index is 1030. The van der Waals surface area contributed by atoms with Crippen LogP contribution in [0.4, 0.5) is 17.1 Å². The molecule has 126 valence electrons. The second-order valence-corrected chi connectivity index (χ2v) is 5.49. The molecule has 0 radical (unpaired) electrons. The molecule has 0 saturated carbocycles. The maximum Gasteiger partial charge on any atom is 0.299 e. The number of aromatic nitrogens is 2. The van der Waals surface area contributed by atoms with Gasteiger partial charge in [-0.2, -0.15) is 5.11 Å². The summed E-state index contributed by atoms with van der Waals surface area (Å²) in [5.74, 6) is 0. The number of aromatic amines is 1. The summed E-state index contributed by atoms with van der Waals surface area (Å²) in [6.45, 7) is 3.63. The van der Waals surface area contributed by atoms with E-state index in [1.165, 1.54) is 22.9 Å². The van der Waals surface area contributed by atoms with Crippen molar-refractivity contribution in [1.29, 1.82) is 0 Å². The van der Waals surface area contributed by atoms with Gasteiger partial charge in [-0.15, -0.1) is 5.11 Å².